The van der Waals surface area contributed by atoms with Gasteiger partial charge in [0.05, 0.1) is 5.54 Å². The van der Waals surface area contributed by atoms with Crippen LogP contribution in [0, 0.1) is 0 Å². The number of hydrogen-bond acceptors (Lipinski definition) is 5. The smallest absolute Gasteiger partial charge is 0.408 e. The van der Waals surface area contributed by atoms with Gasteiger partial charge in [-0.1, -0.05) is 0 Å². The van der Waals surface area contributed by atoms with Gasteiger partial charge in [0.2, 0.25) is 0 Å². The Kier molecular flexibility index (Phi) is 4.84. The zero-order valence-corrected chi connectivity index (χ0v) is 14.2. The number of alkyl carbamates (subject to hydrolysis) is 1. The molecule has 0 spiro atoms. The molecule has 2 amide bonds. The Hall–Kier alpha value is -2.16. The summed E-state index contributed by atoms with van der Waals surface area (Å²) >= 11 is 0. The molecular weight excluding hydrogens is 319 g/mol. The summed E-state index contributed by atoms with van der Waals surface area (Å²) in [7, 11) is 1.68. The molecule has 9 heteroatoms. The Balaban J connectivity index is 2.05. The van der Waals surface area contributed by atoms with Crippen LogP contribution in [0.3, 0.4) is 0 Å². The largest absolute Gasteiger partial charge is 0.444 e. The monoisotopic (exact) mass is 342 g/mol. The van der Waals surface area contributed by atoms with Crippen LogP contribution in [0.2, 0.25) is 0 Å². The maximum Gasteiger partial charge on any atom is 0.408 e. The number of ether oxygens (including phenoxy) is 1. The van der Waals surface area contributed by atoms with Gasteiger partial charge in [0.15, 0.2) is 11.9 Å². The van der Waals surface area contributed by atoms with Crippen LogP contribution in [0.1, 0.15) is 33.6 Å². The van der Waals surface area contributed by atoms with Crippen molar-refractivity contribution in [2.75, 3.05) is 5.32 Å². The molecule has 1 aromatic heterocycles. The second-order valence-corrected chi connectivity index (χ2v) is 7.05. The number of alkyl halides is 1. The molecule has 1 fully saturated rings. The number of aliphatic hydroxyl groups is 1. The number of aromatic nitrogens is 2. The molecule has 3 N–H and O–H groups in total. The summed E-state index contributed by atoms with van der Waals surface area (Å²) in [5.74, 6) is -0.512. The van der Waals surface area contributed by atoms with E-state index in [1.54, 1.807) is 40.1 Å². The highest BCUT2D eigenvalue weighted by atomic mass is 19.1. The molecule has 24 heavy (non-hydrogen) atoms. The van der Waals surface area contributed by atoms with Crippen molar-refractivity contribution in [1.82, 2.24) is 15.1 Å². The number of aryl methyl sites for hydroxylation is 1. The van der Waals surface area contributed by atoms with Crippen molar-refractivity contribution in [1.29, 1.82) is 0 Å². The second-order valence-electron chi connectivity index (χ2n) is 7.05. The Labute approximate surface area is 139 Å². The molecule has 1 atom stereocenters. The predicted molar refractivity (Wildman–Crippen MR) is 84.1 cm³/mol. The molecule has 0 bridgehead atoms. The fourth-order valence-corrected chi connectivity index (χ4v) is 2.56. The molecule has 0 radical (unpaired) electrons. The van der Waals surface area contributed by atoms with Gasteiger partial charge in [-0.05, 0) is 20.8 Å². The van der Waals surface area contributed by atoms with Crippen molar-refractivity contribution in [3.05, 3.63) is 12.3 Å². The summed E-state index contributed by atoms with van der Waals surface area (Å²) in [6.45, 7) is 5.05. The molecule has 0 saturated heterocycles. The van der Waals surface area contributed by atoms with Gasteiger partial charge < -0.3 is 20.5 Å². The Bertz CT molecular complexity index is 619. The zero-order valence-electron chi connectivity index (χ0n) is 14.2. The van der Waals surface area contributed by atoms with Gasteiger partial charge in [-0.25, -0.2) is 9.18 Å². The van der Waals surface area contributed by atoms with Crippen molar-refractivity contribution < 1.29 is 23.8 Å². The minimum absolute atomic E-state index is 0.164. The number of carbonyl (C=O) groups excluding carboxylic acids is 2. The van der Waals surface area contributed by atoms with Crippen LogP contribution >= 0.6 is 0 Å². The summed E-state index contributed by atoms with van der Waals surface area (Å²) < 4.78 is 20.0. The highest BCUT2D eigenvalue weighted by Gasteiger charge is 2.54. The topological polar surface area (TPSA) is 105 Å². The molecule has 2 rings (SSSR count). The average molecular weight is 342 g/mol. The van der Waals surface area contributed by atoms with Crippen LogP contribution in [-0.2, 0) is 16.6 Å². The fourth-order valence-electron chi connectivity index (χ4n) is 2.56. The standard InChI is InChI=1S/C15H23FN4O4/c1-14(2,3)24-13(23)18-15(7-9(16)8-15)11(21)12(22)17-10-5-6-20(4)19-10/h5-6,9,11,21H,7-8H2,1-4H3,(H,18,23)(H,17,19,22)/t9-,11?,15-. The van der Waals surface area contributed by atoms with Crippen molar-refractivity contribution in [3.63, 3.8) is 0 Å². The van der Waals surface area contributed by atoms with Gasteiger partial charge >= 0.3 is 6.09 Å². The number of nitrogens with zero attached hydrogens (tertiary/aromatic N) is 2. The minimum atomic E-state index is -1.63. The summed E-state index contributed by atoms with van der Waals surface area (Å²) in [4.78, 5) is 24.2. The van der Waals surface area contributed by atoms with Gasteiger partial charge in [-0.3, -0.25) is 9.48 Å². The summed E-state index contributed by atoms with van der Waals surface area (Å²) in [6, 6.07) is 1.55. The van der Waals surface area contributed by atoms with Crippen LogP contribution in [0.5, 0.6) is 0 Å². The molecule has 1 unspecified atom stereocenters. The van der Waals surface area contributed by atoms with E-state index in [1.165, 1.54) is 4.68 Å². The van der Waals surface area contributed by atoms with E-state index < -0.39 is 35.4 Å². The SMILES string of the molecule is Cn1ccc(NC(=O)C(O)[C@]2(NC(=O)OC(C)(C)C)C[C@H](F)C2)n1. The molecule has 1 aliphatic carbocycles. The van der Waals surface area contributed by atoms with Crippen LogP contribution in [0.25, 0.3) is 0 Å². The maximum absolute atomic E-state index is 13.4. The number of halogens is 1. The fraction of sp³-hybridized carbons (Fsp3) is 0.667. The molecule has 1 aliphatic rings. The number of rotatable bonds is 4. The first-order valence-electron chi connectivity index (χ1n) is 7.64. The number of nitrogens with one attached hydrogen (secondary N) is 2. The Morgan fingerprint density at radius 3 is 2.58 bits per heavy atom. The summed E-state index contributed by atoms with van der Waals surface area (Å²) in [6.07, 6.45) is -2.33. The van der Waals surface area contributed by atoms with E-state index in [-0.39, 0.29) is 18.7 Å². The lowest BCUT2D eigenvalue weighted by Gasteiger charge is -2.46. The van der Waals surface area contributed by atoms with Gasteiger partial charge in [-0.2, -0.15) is 5.10 Å². The van der Waals surface area contributed by atoms with Crippen LogP contribution in [0.15, 0.2) is 12.3 Å². The lowest BCUT2D eigenvalue weighted by molar-refractivity contribution is -0.133. The molecule has 8 nitrogen and oxygen atoms in total. The third-order valence-corrected chi connectivity index (χ3v) is 3.66. The van der Waals surface area contributed by atoms with E-state index in [4.69, 9.17) is 4.74 Å². The lowest BCUT2D eigenvalue weighted by Crippen LogP contribution is -2.68. The van der Waals surface area contributed by atoms with Gasteiger partial charge in [-0.15, -0.1) is 0 Å². The zero-order chi connectivity index (χ0) is 18.1. The average Bonchev–Trinajstić information content (AvgIpc) is 2.78. The molecule has 134 valence electrons. The number of anilines is 1. The first kappa shape index (κ1) is 18.2. The van der Waals surface area contributed by atoms with Crippen LogP contribution in [-0.4, -0.2) is 50.3 Å². The molecule has 1 saturated carbocycles. The van der Waals surface area contributed by atoms with Crippen molar-refractivity contribution in [3.8, 4) is 0 Å². The molecule has 0 aliphatic heterocycles. The third-order valence-electron chi connectivity index (χ3n) is 3.66. The molecule has 1 aromatic rings. The van der Waals surface area contributed by atoms with E-state index in [1.807, 2.05) is 0 Å². The minimum Gasteiger partial charge on any atom is -0.444 e. The summed E-state index contributed by atoms with van der Waals surface area (Å²) in [5.41, 5.74) is -2.13. The van der Waals surface area contributed by atoms with Crippen LogP contribution in [0.4, 0.5) is 15.0 Å². The van der Waals surface area contributed by atoms with E-state index in [2.05, 4.69) is 15.7 Å². The first-order chi connectivity index (χ1) is 11.0. The second kappa shape index (κ2) is 6.39. The van der Waals surface area contributed by atoms with E-state index >= 15 is 0 Å². The Morgan fingerprint density at radius 2 is 2.12 bits per heavy atom. The normalized spacial score (nSPS) is 24.7. The highest BCUT2D eigenvalue weighted by molar-refractivity contribution is 5.94. The molecular formula is C15H23FN4O4. The third kappa shape index (κ3) is 4.22. The van der Waals surface area contributed by atoms with E-state index in [0.29, 0.717) is 0 Å². The van der Waals surface area contributed by atoms with Crippen molar-refractivity contribution >= 4 is 17.8 Å². The van der Waals surface area contributed by atoms with Crippen molar-refractivity contribution in [2.45, 2.75) is 57.0 Å². The highest BCUT2D eigenvalue weighted by Crippen LogP contribution is 2.38. The van der Waals surface area contributed by atoms with Gasteiger partial charge in [0, 0.05) is 32.2 Å². The predicted octanol–water partition coefficient (Wildman–Crippen LogP) is 1.11. The number of hydrogen-bond donors (Lipinski definition) is 3. The van der Waals surface area contributed by atoms with E-state index in [0.717, 1.165) is 0 Å². The number of amides is 2. The summed E-state index contributed by atoms with van der Waals surface area (Å²) in [5, 5.41) is 19.2. The first-order valence-corrected chi connectivity index (χ1v) is 7.64. The quantitative estimate of drug-likeness (QED) is 0.760. The Morgan fingerprint density at radius 1 is 1.50 bits per heavy atom. The maximum atomic E-state index is 13.4. The van der Waals surface area contributed by atoms with Crippen molar-refractivity contribution in [2.24, 2.45) is 7.05 Å². The molecule has 1 heterocycles. The van der Waals surface area contributed by atoms with E-state index in [9.17, 15) is 19.1 Å². The lowest BCUT2D eigenvalue weighted by atomic mass is 9.71. The molecule has 0 aromatic carbocycles. The van der Waals surface area contributed by atoms with Gasteiger partial charge in [0.1, 0.15) is 11.8 Å². The van der Waals surface area contributed by atoms with Crippen LogP contribution < -0.4 is 10.6 Å². The van der Waals surface area contributed by atoms with Gasteiger partial charge in [0.25, 0.3) is 5.91 Å². The number of carbonyl (C=O) groups is 2. The number of aliphatic hydroxyl groups excluding tert-OH is 1.